The van der Waals surface area contributed by atoms with E-state index in [1.807, 2.05) is 4.57 Å². The number of carbonyl (C=O) groups excluding carboxylic acids is 1. The monoisotopic (exact) mass is 374 g/mol. The highest BCUT2D eigenvalue weighted by molar-refractivity contribution is 7.16. The van der Waals surface area contributed by atoms with E-state index < -0.39 is 0 Å². The molecule has 2 unspecified atom stereocenters. The third-order valence-electron chi connectivity index (χ3n) is 6.78. The summed E-state index contributed by atoms with van der Waals surface area (Å²) in [5, 5.41) is 0. The van der Waals surface area contributed by atoms with Crippen molar-refractivity contribution < 1.29 is 13.9 Å². The van der Waals surface area contributed by atoms with Crippen molar-refractivity contribution in [2.24, 2.45) is 28.2 Å². The van der Waals surface area contributed by atoms with Gasteiger partial charge in [-0.15, -0.1) is 0 Å². The molecule has 4 aliphatic carbocycles. The fourth-order valence-corrected chi connectivity index (χ4v) is 6.90. The Morgan fingerprint density at radius 3 is 2.85 bits per heavy atom. The number of ether oxygens (including phenoxy) is 1. The Labute approximate surface area is 155 Å². The van der Waals surface area contributed by atoms with Crippen molar-refractivity contribution in [2.75, 3.05) is 13.7 Å². The van der Waals surface area contributed by atoms with Gasteiger partial charge < -0.3 is 9.30 Å². The van der Waals surface area contributed by atoms with E-state index >= 15 is 0 Å². The Hall–Kier alpha value is -1.53. The van der Waals surface area contributed by atoms with Gasteiger partial charge in [0.1, 0.15) is 5.82 Å². The summed E-state index contributed by atoms with van der Waals surface area (Å²) < 4.78 is 21.8. The molecular weight excluding hydrogens is 351 g/mol. The summed E-state index contributed by atoms with van der Waals surface area (Å²) in [7, 11) is 1.64. The third-order valence-corrected chi connectivity index (χ3v) is 7.84. The number of fused-ring (bicyclic) bond motifs is 1. The Morgan fingerprint density at radius 1 is 1.35 bits per heavy atom. The van der Waals surface area contributed by atoms with Crippen LogP contribution in [-0.2, 0) is 16.1 Å². The molecule has 1 amide bonds. The van der Waals surface area contributed by atoms with Crippen LogP contribution in [0.1, 0.15) is 32.1 Å². The summed E-state index contributed by atoms with van der Waals surface area (Å²) in [6.45, 7) is 1.06. The molecule has 6 rings (SSSR count). The number of methoxy groups -OCH3 is 1. The molecule has 4 aliphatic rings. The lowest BCUT2D eigenvalue weighted by atomic mass is 9.75. The van der Waals surface area contributed by atoms with Gasteiger partial charge in [-0.2, -0.15) is 4.99 Å². The lowest BCUT2D eigenvalue weighted by molar-refractivity contribution is -0.129. The van der Waals surface area contributed by atoms with Gasteiger partial charge >= 0.3 is 0 Å². The second-order valence-corrected chi connectivity index (χ2v) is 9.27. The van der Waals surface area contributed by atoms with Gasteiger partial charge in [0.05, 0.1) is 22.2 Å². The Kier molecular flexibility index (Phi) is 3.83. The average molecular weight is 374 g/mol. The normalized spacial score (nSPS) is 32.8. The number of amides is 1. The fourth-order valence-electron chi connectivity index (χ4n) is 5.87. The van der Waals surface area contributed by atoms with E-state index in [9.17, 15) is 9.18 Å². The van der Waals surface area contributed by atoms with E-state index in [4.69, 9.17) is 4.74 Å². The lowest BCUT2D eigenvalue weighted by Gasteiger charge is -2.29. The Balaban J connectivity index is 1.59. The van der Waals surface area contributed by atoms with Crippen LogP contribution in [0.4, 0.5) is 4.39 Å². The highest BCUT2D eigenvalue weighted by Crippen LogP contribution is 2.65. The van der Waals surface area contributed by atoms with Gasteiger partial charge in [-0.3, -0.25) is 4.79 Å². The number of aromatic nitrogens is 1. The molecule has 0 saturated heterocycles. The lowest BCUT2D eigenvalue weighted by Crippen LogP contribution is -2.33. The first-order valence-corrected chi connectivity index (χ1v) is 10.3. The maximum atomic E-state index is 13.7. The molecule has 26 heavy (non-hydrogen) atoms. The first-order valence-electron chi connectivity index (χ1n) is 9.46. The summed E-state index contributed by atoms with van der Waals surface area (Å²) in [6.07, 6.45) is 5.77. The maximum Gasteiger partial charge on any atom is 0.254 e. The minimum absolute atomic E-state index is 0.0606. The van der Waals surface area contributed by atoms with Crippen molar-refractivity contribution in [3.05, 3.63) is 28.8 Å². The molecule has 0 spiro atoms. The number of rotatable bonds is 4. The van der Waals surface area contributed by atoms with Crippen LogP contribution in [-0.4, -0.2) is 24.2 Å². The number of hydrogen-bond donors (Lipinski definition) is 0. The quantitative estimate of drug-likeness (QED) is 0.818. The molecule has 0 radical (unpaired) electrons. The largest absolute Gasteiger partial charge is 0.383 e. The summed E-state index contributed by atoms with van der Waals surface area (Å²) in [5.41, 5.74) is 0.571. The van der Waals surface area contributed by atoms with Gasteiger partial charge in [0, 0.05) is 13.7 Å². The molecule has 4 bridgehead atoms. The van der Waals surface area contributed by atoms with Crippen LogP contribution in [0.15, 0.2) is 23.2 Å². The van der Waals surface area contributed by atoms with Crippen LogP contribution in [0.25, 0.3) is 10.2 Å². The number of hydrogen-bond acceptors (Lipinski definition) is 3. The van der Waals surface area contributed by atoms with E-state index in [2.05, 4.69) is 4.99 Å². The molecular formula is C20H23FN2O2S. The first kappa shape index (κ1) is 16.6. The molecule has 1 aromatic heterocycles. The molecule has 4 fully saturated rings. The van der Waals surface area contributed by atoms with E-state index in [0.717, 1.165) is 34.9 Å². The van der Waals surface area contributed by atoms with E-state index in [1.165, 1.54) is 42.7 Å². The van der Waals surface area contributed by atoms with Crippen molar-refractivity contribution in [2.45, 2.75) is 38.6 Å². The third kappa shape index (κ3) is 2.42. The topological polar surface area (TPSA) is 43.6 Å². The minimum atomic E-state index is -0.273. The maximum absolute atomic E-state index is 13.7. The van der Waals surface area contributed by atoms with Crippen LogP contribution < -0.4 is 4.80 Å². The summed E-state index contributed by atoms with van der Waals surface area (Å²) in [5.74, 6) is 1.77. The summed E-state index contributed by atoms with van der Waals surface area (Å²) in [6, 6.07) is 4.75. The minimum Gasteiger partial charge on any atom is -0.383 e. The number of thiazole rings is 1. The number of halogens is 1. The predicted octanol–water partition coefficient (Wildman–Crippen LogP) is 3.74. The molecule has 0 aliphatic heterocycles. The molecule has 0 N–H and O–H groups in total. The van der Waals surface area contributed by atoms with Crippen molar-refractivity contribution in [3.63, 3.8) is 0 Å². The molecule has 2 aromatic rings. The molecule has 1 heterocycles. The van der Waals surface area contributed by atoms with Gasteiger partial charge in [-0.1, -0.05) is 11.3 Å². The van der Waals surface area contributed by atoms with E-state index in [-0.39, 0.29) is 17.1 Å². The highest BCUT2D eigenvalue weighted by Gasteiger charge is 2.61. The molecule has 2 atom stereocenters. The molecule has 4 saturated carbocycles. The second kappa shape index (κ2) is 5.99. The van der Waals surface area contributed by atoms with Crippen molar-refractivity contribution >= 4 is 27.5 Å². The van der Waals surface area contributed by atoms with Crippen LogP contribution >= 0.6 is 11.3 Å². The number of benzene rings is 1. The SMILES string of the molecule is COCCn1/c(=N/C(=O)C23CC4CC(CC2C4)C3)sc2ccc(F)cc21. The van der Waals surface area contributed by atoms with Gasteiger partial charge in [0.2, 0.25) is 0 Å². The predicted molar refractivity (Wildman–Crippen MR) is 98.2 cm³/mol. The summed E-state index contributed by atoms with van der Waals surface area (Å²) >= 11 is 1.47. The highest BCUT2D eigenvalue weighted by atomic mass is 32.1. The number of nitrogens with zero attached hydrogens (tertiary/aromatic N) is 2. The smallest absolute Gasteiger partial charge is 0.254 e. The zero-order valence-corrected chi connectivity index (χ0v) is 15.7. The van der Waals surface area contributed by atoms with Gasteiger partial charge in [-0.05, 0) is 68.1 Å². The van der Waals surface area contributed by atoms with Crippen LogP contribution in [0.5, 0.6) is 0 Å². The first-order chi connectivity index (χ1) is 12.6. The van der Waals surface area contributed by atoms with Crippen LogP contribution in [0.2, 0.25) is 0 Å². The van der Waals surface area contributed by atoms with Crippen molar-refractivity contribution in [1.82, 2.24) is 4.57 Å². The number of carbonyl (C=O) groups is 1. The molecule has 138 valence electrons. The van der Waals surface area contributed by atoms with Crippen molar-refractivity contribution in [3.8, 4) is 0 Å². The van der Waals surface area contributed by atoms with Crippen LogP contribution in [0.3, 0.4) is 0 Å². The zero-order valence-electron chi connectivity index (χ0n) is 14.9. The van der Waals surface area contributed by atoms with Gasteiger partial charge in [-0.25, -0.2) is 4.39 Å². The molecule has 4 nitrogen and oxygen atoms in total. The zero-order chi connectivity index (χ0) is 17.9. The van der Waals surface area contributed by atoms with Gasteiger partial charge in [0.25, 0.3) is 5.91 Å². The second-order valence-electron chi connectivity index (χ2n) is 8.26. The Morgan fingerprint density at radius 2 is 2.12 bits per heavy atom. The standard InChI is InChI=1S/C20H23FN2O2S/c1-25-5-4-23-16-9-15(21)2-3-17(16)26-19(23)22-18(24)20-10-12-6-13(11-20)8-14(20)7-12/h2-3,9,12-14H,4-8,10-11H2,1H3/b22-19-. The average Bonchev–Trinajstić information content (AvgIpc) is 3.17. The summed E-state index contributed by atoms with van der Waals surface area (Å²) in [4.78, 5) is 18.6. The molecule has 1 aromatic carbocycles. The van der Waals surface area contributed by atoms with Gasteiger partial charge in [0.15, 0.2) is 4.80 Å². The fraction of sp³-hybridized carbons (Fsp3) is 0.600. The van der Waals surface area contributed by atoms with E-state index in [0.29, 0.717) is 23.9 Å². The molecule has 6 heteroatoms. The van der Waals surface area contributed by atoms with Crippen LogP contribution in [0, 0.1) is 29.0 Å². The van der Waals surface area contributed by atoms with Crippen molar-refractivity contribution in [1.29, 1.82) is 0 Å². The van der Waals surface area contributed by atoms with E-state index in [1.54, 1.807) is 13.2 Å². The Bertz CT molecular complexity index is 933.